The Balaban J connectivity index is 2.21. The lowest BCUT2D eigenvalue weighted by Gasteiger charge is -2.12. The summed E-state index contributed by atoms with van der Waals surface area (Å²) in [6, 6.07) is 10.9. The summed E-state index contributed by atoms with van der Waals surface area (Å²) >= 11 is 15.6. The topological polar surface area (TPSA) is 38.3 Å². The predicted octanol–water partition coefficient (Wildman–Crippen LogP) is 5.15. The fourth-order valence-electron chi connectivity index (χ4n) is 1.84. The number of carbonyl (C=O) groups excluding carboxylic acids is 1. The predicted molar refractivity (Wildman–Crippen MR) is 89.3 cm³/mol. The van der Waals surface area contributed by atoms with Crippen molar-refractivity contribution in [1.82, 2.24) is 0 Å². The van der Waals surface area contributed by atoms with Crippen molar-refractivity contribution in [2.24, 2.45) is 0 Å². The Labute approximate surface area is 141 Å². The summed E-state index contributed by atoms with van der Waals surface area (Å²) in [7, 11) is 1.36. The quantitative estimate of drug-likeness (QED) is 0.581. The van der Waals surface area contributed by atoms with Gasteiger partial charge in [-0.15, -0.1) is 0 Å². The van der Waals surface area contributed by atoms with Gasteiger partial charge in [-0.3, -0.25) is 0 Å². The number of ether oxygens (including phenoxy) is 1. The van der Waals surface area contributed by atoms with E-state index in [0.717, 1.165) is 10.0 Å². The fraction of sp³-hybridized carbons (Fsp3) is 0.133. The van der Waals surface area contributed by atoms with E-state index in [-0.39, 0.29) is 5.97 Å². The number of anilines is 1. The molecule has 0 bridgehead atoms. The molecule has 0 saturated carbocycles. The minimum Gasteiger partial charge on any atom is -0.465 e. The second kappa shape index (κ2) is 7.16. The molecular formula is C15H12BrCl2NO2. The number of nitrogens with one attached hydrogen (secondary N) is 1. The number of esters is 1. The SMILES string of the molecule is COC(=O)c1ccccc1CNc1ccc(Br)c(Cl)c1Cl. The van der Waals surface area contributed by atoms with Gasteiger partial charge in [0.2, 0.25) is 0 Å². The van der Waals surface area contributed by atoms with E-state index in [1.165, 1.54) is 7.11 Å². The largest absolute Gasteiger partial charge is 0.465 e. The first-order valence-corrected chi connectivity index (χ1v) is 7.63. The molecule has 0 aliphatic heterocycles. The Morgan fingerprint density at radius 2 is 1.90 bits per heavy atom. The molecule has 2 aromatic rings. The molecule has 0 radical (unpaired) electrons. The zero-order valence-electron chi connectivity index (χ0n) is 11.1. The number of carbonyl (C=O) groups is 1. The second-order valence-corrected chi connectivity index (χ2v) is 5.84. The Hall–Kier alpha value is -1.23. The van der Waals surface area contributed by atoms with E-state index in [0.29, 0.717) is 27.8 Å². The van der Waals surface area contributed by atoms with Crippen molar-refractivity contribution in [1.29, 1.82) is 0 Å². The summed E-state index contributed by atoms with van der Waals surface area (Å²) in [5, 5.41) is 4.05. The zero-order valence-corrected chi connectivity index (χ0v) is 14.2. The summed E-state index contributed by atoms with van der Waals surface area (Å²) < 4.78 is 5.50. The molecule has 0 saturated heterocycles. The van der Waals surface area contributed by atoms with Gasteiger partial charge in [0.1, 0.15) is 0 Å². The fourth-order valence-corrected chi connectivity index (χ4v) is 2.68. The molecule has 2 rings (SSSR count). The molecule has 2 aromatic carbocycles. The Kier molecular flexibility index (Phi) is 5.51. The van der Waals surface area contributed by atoms with Crippen LogP contribution in [0.2, 0.25) is 10.0 Å². The molecule has 0 aliphatic rings. The number of hydrogen-bond donors (Lipinski definition) is 1. The van der Waals surface area contributed by atoms with Gasteiger partial charge in [-0.05, 0) is 39.7 Å². The van der Waals surface area contributed by atoms with Crippen molar-refractivity contribution in [2.75, 3.05) is 12.4 Å². The van der Waals surface area contributed by atoms with E-state index in [1.54, 1.807) is 12.1 Å². The number of hydrogen-bond acceptors (Lipinski definition) is 3. The van der Waals surface area contributed by atoms with E-state index in [9.17, 15) is 4.79 Å². The normalized spacial score (nSPS) is 10.3. The van der Waals surface area contributed by atoms with Crippen LogP contribution in [0.4, 0.5) is 5.69 Å². The van der Waals surface area contributed by atoms with E-state index in [4.69, 9.17) is 27.9 Å². The Morgan fingerprint density at radius 1 is 1.19 bits per heavy atom. The highest BCUT2D eigenvalue weighted by Gasteiger charge is 2.12. The summed E-state index contributed by atoms with van der Waals surface area (Å²) in [5.74, 6) is -0.368. The van der Waals surface area contributed by atoms with Crippen molar-refractivity contribution in [3.63, 3.8) is 0 Å². The van der Waals surface area contributed by atoms with Crippen molar-refractivity contribution < 1.29 is 9.53 Å². The highest BCUT2D eigenvalue weighted by atomic mass is 79.9. The molecule has 0 unspecified atom stereocenters. The molecule has 0 aliphatic carbocycles. The van der Waals surface area contributed by atoms with Crippen molar-refractivity contribution in [2.45, 2.75) is 6.54 Å². The summed E-state index contributed by atoms with van der Waals surface area (Å²) in [6.45, 7) is 0.433. The van der Waals surface area contributed by atoms with Gasteiger partial charge in [0.05, 0.1) is 28.4 Å². The summed E-state index contributed by atoms with van der Waals surface area (Å²) in [5.41, 5.74) is 2.04. The van der Waals surface area contributed by atoms with Crippen molar-refractivity contribution >= 4 is 50.8 Å². The number of rotatable bonds is 4. The molecule has 0 spiro atoms. The Morgan fingerprint density at radius 3 is 2.62 bits per heavy atom. The maximum atomic E-state index is 11.7. The first kappa shape index (κ1) is 16.1. The minimum absolute atomic E-state index is 0.368. The first-order valence-electron chi connectivity index (χ1n) is 6.08. The third-order valence-electron chi connectivity index (χ3n) is 2.93. The summed E-state index contributed by atoms with van der Waals surface area (Å²) in [4.78, 5) is 11.7. The van der Waals surface area contributed by atoms with E-state index in [2.05, 4.69) is 21.2 Å². The highest BCUT2D eigenvalue weighted by molar-refractivity contribution is 9.10. The molecule has 0 amide bonds. The maximum absolute atomic E-state index is 11.7. The highest BCUT2D eigenvalue weighted by Crippen LogP contribution is 2.36. The molecule has 1 N–H and O–H groups in total. The lowest BCUT2D eigenvalue weighted by atomic mass is 10.1. The van der Waals surface area contributed by atoms with Crippen LogP contribution in [0.15, 0.2) is 40.9 Å². The number of benzene rings is 2. The number of halogens is 3. The third kappa shape index (κ3) is 3.70. The van der Waals surface area contributed by atoms with Crippen LogP contribution >= 0.6 is 39.1 Å². The van der Waals surface area contributed by atoms with E-state index in [1.807, 2.05) is 24.3 Å². The van der Waals surface area contributed by atoms with Gasteiger partial charge < -0.3 is 10.1 Å². The average molecular weight is 389 g/mol. The molecule has 0 atom stereocenters. The van der Waals surface area contributed by atoms with Crippen LogP contribution in [0.1, 0.15) is 15.9 Å². The monoisotopic (exact) mass is 387 g/mol. The van der Waals surface area contributed by atoms with Crippen LogP contribution in [0, 0.1) is 0 Å². The average Bonchev–Trinajstić information content (AvgIpc) is 2.51. The summed E-state index contributed by atoms with van der Waals surface area (Å²) in [6.07, 6.45) is 0. The van der Waals surface area contributed by atoms with Crippen LogP contribution in [0.3, 0.4) is 0 Å². The number of methoxy groups -OCH3 is 1. The standard InChI is InChI=1S/C15H12BrCl2NO2/c1-21-15(20)10-5-3-2-4-9(10)8-19-12-7-6-11(16)13(17)14(12)18/h2-7,19H,8H2,1H3. The second-order valence-electron chi connectivity index (χ2n) is 4.23. The van der Waals surface area contributed by atoms with Crippen LogP contribution in [-0.2, 0) is 11.3 Å². The molecule has 0 fully saturated rings. The Bertz CT molecular complexity index is 677. The van der Waals surface area contributed by atoms with Crippen molar-refractivity contribution in [3.8, 4) is 0 Å². The minimum atomic E-state index is -0.368. The van der Waals surface area contributed by atoms with Gasteiger partial charge >= 0.3 is 5.97 Å². The maximum Gasteiger partial charge on any atom is 0.338 e. The van der Waals surface area contributed by atoms with Gasteiger partial charge in [-0.1, -0.05) is 41.4 Å². The van der Waals surface area contributed by atoms with Gasteiger partial charge in [-0.25, -0.2) is 4.79 Å². The van der Waals surface area contributed by atoms with Crippen LogP contribution in [0.5, 0.6) is 0 Å². The molecule has 0 heterocycles. The lowest BCUT2D eigenvalue weighted by Crippen LogP contribution is -2.09. The van der Waals surface area contributed by atoms with Crippen LogP contribution in [0.25, 0.3) is 0 Å². The van der Waals surface area contributed by atoms with Gasteiger partial charge in [0, 0.05) is 11.0 Å². The third-order valence-corrected chi connectivity index (χ3v) is 4.70. The first-order chi connectivity index (χ1) is 10.0. The lowest BCUT2D eigenvalue weighted by molar-refractivity contribution is 0.0599. The molecular weight excluding hydrogens is 377 g/mol. The van der Waals surface area contributed by atoms with Gasteiger partial charge in [0.15, 0.2) is 0 Å². The van der Waals surface area contributed by atoms with Crippen molar-refractivity contribution in [3.05, 3.63) is 62.0 Å². The smallest absolute Gasteiger partial charge is 0.338 e. The van der Waals surface area contributed by atoms with E-state index >= 15 is 0 Å². The van der Waals surface area contributed by atoms with Crippen LogP contribution in [-0.4, -0.2) is 13.1 Å². The molecule has 21 heavy (non-hydrogen) atoms. The van der Waals surface area contributed by atoms with Gasteiger partial charge in [0.25, 0.3) is 0 Å². The molecule has 0 aromatic heterocycles. The molecule has 6 heteroatoms. The van der Waals surface area contributed by atoms with E-state index < -0.39 is 0 Å². The molecule has 110 valence electrons. The molecule has 3 nitrogen and oxygen atoms in total. The van der Waals surface area contributed by atoms with Crippen LogP contribution < -0.4 is 5.32 Å². The van der Waals surface area contributed by atoms with Gasteiger partial charge in [-0.2, -0.15) is 0 Å². The zero-order chi connectivity index (χ0) is 15.4.